The van der Waals surface area contributed by atoms with Crippen molar-refractivity contribution in [3.63, 3.8) is 0 Å². The van der Waals surface area contributed by atoms with E-state index in [0.717, 1.165) is 18.9 Å². The normalized spacial score (nSPS) is 22.1. The van der Waals surface area contributed by atoms with Crippen molar-refractivity contribution in [3.8, 4) is 0 Å². The van der Waals surface area contributed by atoms with Crippen LogP contribution in [0.3, 0.4) is 0 Å². The Morgan fingerprint density at radius 3 is 2.43 bits per heavy atom. The maximum atomic E-state index is 9.31. The first-order valence-electron chi connectivity index (χ1n) is 5.89. The molecule has 2 nitrogen and oxygen atoms in total. The molecule has 0 aliphatic heterocycles. The van der Waals surface area contributed by atoms with Crippen LogP contribution in [-0.4, -0.2) is 36.8 Å². The zero-order chi connectivity index (χ0) is 10.6. The first-order valence-corrected chi connectivity index (χ1v) is 5.89. The van der Waals surface area contributed by atoms with Gasteiger partial charge in [-0.05, 0) is 32.2 Å². The molecule has 1 atom stereocenters. The van der Waals surface area contributed by atoms with Crippen LogP contribution in [0.15, 0.2) is 0 Å². The Kier molecular flexibility index (Phi) is 4.39. The molecule has 0 bridgehead atoms. The van der Waals surface area contributed by atoms with E-state index in [1.54, 1.807) is 0 Å². The summed E-state index contributed by atoms with van der Waals surface area (Å²) in [6.45, 7) is 6.88. The van der Waals surface area contributed by atoms with E-state index in [9.17, 15) is 5.11 Å². The number of aliphatic hydroxyl groups excluding tert-OH is 1. The molecule has 1 saturated carbocycles. The van der Waals surface area contributed by atoms with E-state index in [1.807, 2.05) is 0 Å². The van der Waals surface area contributed by atoms with Crippen LogP contribution in [0.4, 0.5) is 0 Å². The Labute approximate surface area is 88.3 Å². The van der Waals surface area contributed by atoms with E-state index >= 15 is 0 Å². The summed E-state index contributed by atoms with van der Waals surface area (Å²) >= 11 is 0. The molecular weight excluding hydrogens is 174 g/mol. The Morgan fingerprint density at radius 2 is 2.07 bits per heavy atom. The standard InChI is InChI=1S/C12H25NO/c1-4-12(2,10-14)9-13(3)8-11-6-5-7-11/h11,14H,4-10H2,1-3H3. The van der Waals surface area contributed by atoms with Crippen LogP contribution in [0.25, 0.3) is 0 Å². The van der Waals surface area contributed by atoms with Gasteiger partial charge in [0.2, 0.25) is 0 Å². The summed E-state index contributed by atoms with van der Waals surface area (Å²) in [5.41, 5.74) is 0.0957. The van der Waals surface area contributed by atoms with Gasteiger partial charge >= 0.3 is 0 Å². The maximum Gasteiger partial charge on any atom is 0.0496 e. The fraction of sp³-hybridized carbons (Fsp3) is 1.00. The smallest absolute Gasteiger partial charge is 0.0496 e. The molecule has 0 saturated heterocycles. The van der Waals surface area contributed by atoms with Gasteiger partial charge in [-0.25, -0.2) is 0 Å². The van der Waals surface area contributed by atoms with Crippen LogP contribution in [-0.2, 0) is 0 Å². The average Bonchev–Trinajstić information content (AvgIpc) is 2.11. The van der Waals surface area contributed by atoms with E-state index in [1.165, 1.54) is 25.8 Å². The number of aliphatic hydroxyl groups is 1. The minimum atomic E-state index is 0.0957. The Hall–Kier alpha value is -0.0800. The quantitative estimate of drug-likeness (QED) is 0.708. The molecular formula is C12H25NO. The topological polar surface area (TPSA) is 23.5 Å². The predicted octanol–water partition coefficient (Wildman–Crippen LogP) is 2.13. The van der Waals surface area contributed by atoms with Gasteiger partial charge in [0.15, 0.2) is 0 Å². The highest BCUT2D eigenvalue weighted by molar-refractivity contribution is 4.78. The molecule has 1 fully saturated rings. The predicted molar refractivity (Wildman–Crippen MR) is 60.3 cm³/mol. The maximum absolute atomic E-state index is 9.31. The van der Waals surface area contributed by atoms with Crippen molar-refractivity contribution in [2.24, 2.45) is 11.3 Å². The Bertz CT molecular complexity index is 162. The molecule has 1 aliphatic carbocycles. The van der Waals surface area contributed by atoms with E-state index in [0.29, 0.717) is 6.61 Å². The SMILES string of the molecule is CCC(C)(CO)CN(C)CC1CCC1. The third-order valence-electron chi connectivity index (χ3n) is 3.68. The Balaban J connectivity index is 2.26. The van der Waals surface area contributed by atoms with Gasteiger partial charge in [0.05, 0.1) is 0 Å². The summed E-state index contributed by atoms with van der Waals surface area (Å²) in [5.74, 6) is 0.930. The van der Waals surface area contributed by atoms with Crippen LogP contribution in [0.2, 0.25) is 0 Å². The minimum Gasteiger partial charge on any atom is -0.396 e. The molecule has 1 rings (SSSR count). The van der Waals surface area contributed by atoms with Crippen molar-refractivity contribution in [2.45, 2.75) is 39.5 Å². The molecule has 0 heterocycles. The average molecular weight is 199 g/mol. The van der Waals surface area contributed by atoms with E-state index < -0.39 is 0 Å². The zero-order valence-electron chi connectivity index (χ0n) is 9.92. The molecule has 0 amide bonds. The fourth-order valence-electron chi connectivity index (χ4n) is 2.11. The minimum absolute atomic E-state index is 0.0957. The van der Waals surface area contributed by atoms with Crippen molar-refractivity contribution < 1.29 is 5.11 Å². The number of hydrogen-bond donors (Lipinski definition) is 1. The Morgan fingerprint density at radius 1 is 1.43 bits per heavy atom. The third kappa shape index (κ3) is 3.25. The molecule has 1 unspecified atom stereocenters. The molecule has 0 aromatic rings. The van der Waals surface area contributed by atoms with Gasteiger partial charge in [-0.15, -0.1) is 0 Å². The third-order valence-corrected chi connectivity index (χ3v) is 3.68. The molecule has 2 heteroatoms. The van der Waals surface area contributed by atoms with Gasteiger partial charge in [0.1, 0.15) is 0 Å². The van der Waals surface area contributed by atoms with E-state index in [4.69, 9.17) is 0 Å². The van der Waals surface area contributed by atoms with Crippen molar-refractivity contribution in [1.29, 1.82) is 0 Å². The monoisotopic (exact) mass is 199 g/mol. The summed E-state index contributed by atoms with van der Waals surface area (Å²) in [6, 6.07) is 0. The summed E-state index contributed by atoms with van der Waals surface area (Å²) in [5, 5.41) is 9.31. The van der Waals surface area contributed by atoms with E-state index in [2.05, 4.69) is 25.8 Å². The molecule has 1 aliphatic rings. The summed E-state index contributed by atoms with van der Waals surface area (Å²) < 4.78 is 0. The lowest BCUT2D eigenvalue weighted by Crippen LogP contribution is -2.39. The molecule has 0 radical (unpaired) electrons. The van der Waals surface area contributed by atoms with Gasteiger partial charge in [-0.2, -0.15) is 0 Å². The number of rotatable bonds is 6. The lowest BCUT2D eigenvalue weighted by Gasteiger charge is -2.35. The molecule has 0 aromatic carbocycles. The first kappa shape index (κ1) is 12.0. The lowest BCUT2D eigenvalue weighted by molar-refractivity contribution is 0.0812. The fourth-order valence-corrected chi connectivity index (χ4v) is 2.11. The first-order chi connectivity index (χ1) is 6.59. The molecule has 84 valence electrons. The van der Waals surface area contributed by atoms with Gasteiger partial charge in [-0.3, -0.25) is 0 Å². The van der Waals surface area contributed by atoms with Gasteiger partial charge in [0, 0.05) is 25.1 Å². The van der Waals surface area contributed by atoms with Crippen molar-refractivity contribution in [3.05, 3.63) is 0 Å². The molecule has 0 spiro atoms. The lowest BCUT2D eigenvalue weighted by atomic mass is 9.83. The summed E-state index contributed by atoms with van der Waals surface area (Å²) in [4.78, 5) is 2.39. The second kappa shape index (κ2) is 5.13. The van der Waals surface area contributed by atoms with Gasteiger partial charge < -0.3 is 10.0 Å². The zero-order valence-corrected chi connectivity index (χ0v) is 9.92. The second-order valence-corrected chi connectivity index (χ2v) is 5.32. The van der Waals surface area contributed by atoms with Crippen molar-refractivity contribution in [1.82, 2.24) is 4.90 Å². The highest BCUT2D eigenvalue weighted by Gasteiger charge is 2.25. The molecule has 0 aromatic heterocycles. The van der Waals surface area contributed by atoms with Crippen LogP contribution < -0.4 is 0 Å². The van der Waals surface area contributed by atoms with Gasteiger partial charge in [0.25, 0.3) is 0 Å². The van der Waals surface area contributed by atoms with Crippen LogP contribution in [0.1, 0.15) is 39.5 Å². The molecule has 1 N–H and O–H groups in total. The molecule has 14 heavy (non-hydrogen) atoms. The van der Waals surface area contributed by atoms with E-state index in [-0.39, 0.29) is 5.41 Å². The van der Waals surface area contributed by atoms with Crippen LogP contribution in [0.5, 0.6) is 0 Å². The van der Waals surface area contributed by atoms with Crippen molar-refractivity contribution >= 4 is 0 Å². The second-order valence-electron chi connectivity index (χ2n) is 5.32. The van der Waals surface area contributed by atoms with Crippen LogP contribution >= 0.6 is 0 Å². The largest absolute Gasteiger partial charge is 0.396 e. The van der Waals surface area contributed by atoms with Gasteiger partial charge in [-0.1, -0.05) is 20.3 Å². The number of nitrogens with zero attached hydrogens (tertiary/aromatic N) is 1. The van der Waals surface area contributed by atoms with Crippen molar-refractivity contribution in [2.75, 3.05) is 26.7 Å². The number of hydrogen-bond acceptors (Lipinski definition) is 2. The highest BCUT2D eigenvalue weighted by atomic mass is 16.3. The summed E-state index contributed by atoms with van der Waals surface area (Å²) in [7, 11) is 2.18. The highest BCUT2D eigenvalue weighted by Crippen LogP contribution is 2.28. The summed E-state index contributed by atoms with van der Waals surface area (Å²) in [6.07, 6.45) is 5.29. The van der Waals surface area contributed by atoms with Crippen LogP contribution in [0, 0.1) is 11.3 Å².